The lowest BCUT2D eigenvalue weighted by Crippen LogP contribution is -2.51. The second-order valence-corrected chi connectivity index (χ2v) is 8.71. The molecule has 3 aromatic rings. The topological polar surface area (TPSA) is 62.9 Å². The van der Waals surface area contributed by atoms with Gasteiger partial charge in [0.1, 0.15) is 5.52 Å². The van der Waals surface area contributed by atoms with Crippen molar-refractivity contribution in [1.29, 1.82) is 0 Å². The smallest absolute Gasteiger partial charge is 0.277 e. The number of para-hydroxylation sites is 2. The van der Waals surface area contributed by atoms with Gasteiger partial charge in [-0.2, -0.15) is 5.10 Å². The van der Waals surface area contributed by atoms with E-state index in [1.165, 1.54) is 0 Å². The van der Waals surface area contributed by atoms with Crippen LogP contribution < -0.4 is 5.56 Å². The average Bonchev–Trinajstić information content (AvgIpc) is 3.21. The zero-order chi connectivity index (χ0) is 21.4. The van der Waals surface area contributed by atoms with Gasteiger partial charge in [0.2, 0.25) is 0 Å². The van der Waals surface area contributed by atoms with Gasteiger partial charge in [-0.25, -0.2) is 4.52 Å². The first-order valence-corrected chi connectivity index (χ1v) is 10.9. The quantitative estimate of drug-likeness (QED) is 0.650. The van der Waals surface area contributed by atoms with Crippen LogP contribution in [0.15, 0.2) is 35.1 Å². The van der Waals surface area contributed by atoms with Gasteiger partial charge in [0.05, 0.1) is 11.0 Å². The van der Waals surface area contributed by atoms with Crippen LogP contribution in [0.3, 0.4) is 0 Å². The largest absolute Gasteiger partial charge is 0.335 e. The molecule has 160 valence electrons. The number of carbonyl (C=O) groups is 1. The van der Waals surface area contributed by atoms with Crippen LogP contribution in [0.2, 0.25) is 0 Å². The molecule has 1 aliphatic rings. The Morgan fingerprint density at radius 3 is 2.33 bits per heavy atom. The summed E-state index contributed by atoms with van der Waals surface area (Å²) in [6.45, 7) is 12.4. The molecule has 30 heavy (non-hydrogen) atoms. The van der Waals surface area contributed by atoms with E-state index in [9.17, 15) is 9.59 Å². The number of fused-ring (bicyclic) bond motifs is 3. The van der Waals surface area contributed by atoms with Gasteiger partial charge < -0.3 is 9.47 Å². The summed E-state index contributed by atoms with van der Waals surface area (Å²) in [4.78, 5) is 30.6. The molecule has 4 rings (SSSR count). The second-order valence-electron chi connectivity index (χ2n) is 8.71. The maximum Gasteiger partial charge on any atom is 0.277 e. The fraction of sp³-hybridized carbons (Fsp3) is 0.522. The molecule has 1 aliphatic heterocycles. The fourth-order valence-electron chi connectivity index (χ4n) is 4.27. The Bertz CT molecular complexity index is 1120. The van der Waals surface area contributed by atoms with Crippen LogP contribution in [0.1, 0.15) is 44.6 Å². The van der Waals surface area contributed by atoms with E-state index in [4.69, 9.17) is 0 Å². The third-order valence-corrected chi connectivity index (χ3v) is 6.16. The van der Waals surface area contributed by atoms with E-state index < -0.39 is 0 Å². The van der Waals surface area contributed by atoms with Crippen molar-refractivity contribution in [2.24, 2.45) is 5.92 Å². The van der Waals surface area contributed by atoms with E-state index in [1.54, 1.807) is 15.1 Å². The number of hydrogen-bond acceptors (Lipinski definition) is 4. The highest BCUT2D eigenvalue weighted by atomic mass is 16.2. The predicted octanol–water partition coefficient (Wildman–Crippen LogP) is 2.86. The number of nitrogens with zero attached hydrogens (tertiary/aromatic N) is 5. The van der Waals surface area contributed by atoms with Crippen molar-refractivity contribution in [3.8, 4) is 0 Å². The first-order valence-electron chi connectivity index (χ1n) is 10.9. The van der Waals surface area contributed by atoms with Crippen LogP contribution in [-0.2, 0) is 6.54 Å². The molecule has 1 saturated heterocycles. The minimum absolute atomic E-state index is 0.0959. The molecule has 7 nitrogen and oxygen atoms in total. The Kier molecular flexibility index (Phi) is 5.64. The summed E-state index contributed by atoms with van der Waals surface area (Å²) in [7, 11) is 0. The number of aromatic nitrogens is 3. The van der Waals surface area contributed by atoms with Gasteiger partial charge in [0, 0.05) is 44.8 Å². The van der Waals surface area contributed by atoms with Crippen molar-refractivity contribution in [3.05, 3.63) is 46.4 Å². The van der Waals surface area contributed by atoms with Gasteiger partial charge in [-0.05, 0) is 31.4 Å². The zero-order valence-electron chi connectivity index (χ0n) is 18.3. The van der Waals surface area contributed by atoms with Crippen LogP contribution in [0.4, 0.5) is 0 Å². The first-order chi connectivity index (χ1) is 14.4. The highest BCUT2D eigenvalue weighted by Crippen LogP contribution is 2.18. The molecule has 1 atom stereocenters. The van der Waals surface area contributed by atoms with E-state index in [1.807, 2.05) is 29.2 Å². The van der Waals surface area contributed by atoms with E-state index in [2.05, 4.69) is 37.7 Å². The normalized spacial score (nSPS) is 16.6. The number of amides is 1. The third-order valence-electron chi connectivity index (χ3n) is 6.16. The van der Waals surface area contributed by atoms with Crippen molar-refractivity contribution in [3.63, 3.8) is 0 Å². The average molecular weight is 410 g/mol. The SMILES string of the molecule is CCC(C)N1CCN(C(=O)c2cc3c(=O)n(CC(C)C)c4ccccc4n3n2)CC1. The molecule has 3 heterocycles. The summed E-state index contributed by atoms with van der Waals surface area (Å²) in [6, 6.07) is 9.94. The molecule has 1 amide bonds. The van der Waals surface area contributed by atoms with Crippen LogP contribution in [-0.4, -0.2) is 62.1 Å². The van der Waals surface area contributed by atoms with Crippen molar-refractivity contribution in [2.45, 2.75) is 46.7 Å². The molecule has 0 saturated carbocycles. The van der Waals surface area contributed by atoms with Gasteiger partial charge in [-0.15, -0.1) is 0 Å². The van der Waals surface area contributed by atoms with Gasteiger partial charge in [-0.1, -0.05) is 32.9 Å². The Morgan fingerprint density at radius 2 is 1.70 bits per heavy atom. The number of rotatable bonds is 5. The van der Waals surface area contributed by atoms with Crippen LogP contribution in [0, 0.1) is 5.92 Å². The molecule has 0 spiro atoms. The molecular weight excluding hydrogens is 378 g/mol. The van der Waals surface area contributed by atoms with E-state index in [-0.39, 0.29) is 11.5 Å². The van der Waals surface area contributed by atoms with Crippen molar-refractivity contribution in [2.75, 3.05) is 26.2 Å². The third kappa shape index (κ3) is 3.62. The molecule has 0 aliphatic carbocycles. The van der Waals surface area contributed by atoms with E-state index in [0.29, 0.717) is 42.8 Å². The van der Waals surface area contributed by atoms with E-state index in [0.717, 1.165) is 30.5 Å². The molecule has 1 fully saturated rings. The molecular formula is C23H31N5O2. The number of carbonyl (C=O) groups excluding carboxylic acids is 1. The fourth-order valence-corrected chi connectivity index (χ4v) is 4.27. The first kappa shape index (κ1) is 20.6. The molecule has 1 unspecified atom stereocenters. The van der Waals surface area contributed by atoms with Crippen LogP contribution >= 0.6 is 0 Å². The van der Waals surface area contributed by atoms with E-state index >= 15 is 0 Å². The Balaban J connectivity index is 1.70. The number of hydrogen-bond donors (Lipinski definition) is 0. The monoisotopic (exact) mass is 409 g/mol. The lowest BCUT2D eigenvalue weighted by atomic mass is 10.2. The van der Waals surface area contributed by atoms with Crippen molar-refractivity contribution < 1.29 is 4.79 Å². The number of piperazine rings is 1. The van der Waals surface area contributed by atoms with Crippen molar-refractivity contribution >= 4 is 22.5 Å². The summed E-state index contributed by atoms with van der Waals surface area (Å²) >= 11 is 0. The lowest BCUT2D eigenvalue weighted by molar-refractivity contribution is 0.0574. The minimum atomic E-state index is -0.101. The Hall–Kier alpha value is -2.67. The maximum atomic E-state index is 13.2. The molecule has 7 heteroatoms. The lowest BCUT2D eigenvalue weighted by Gasteiger charge is -2.37. The molecule has 1 aromatic carbocycles. The van der Waals surface area contributed by atoms with Crippen molar-refractivity contribution in [1.82, 2.24) is 24.0 Å². The minimum Gasteiger partial charge on any atom is -0.335 e. The summed E-state index contributed by atoms with van der Waals surface area (Å²) in [5, 5.41) is 4.57. The maximum absolute atomic E-state index is 13.2. The molecule has 2 aromatic heterocycles. The highest BCUT2D eigenvalue weighted by molar-refractivity contribution is 5.94. The van der Waals surface area contributed by atoms with Crippen LogP contribution in [0.5, 0.6) is 0 Å². The Labute approximate surface area is 176 Å². The van der Waals surface area contributed by atoms with Gasteiger partial charge in [0.25, 0.3) is 11.5 Å². The summed E-state index contributed by atoms with van der Waals surface area (Å²) < 4.78 is 3.44. The highest BCUT2D eigenvalue weighted by Gasteiger charge is 2.26. The van der Waals surface area contributed by atoms with Gasteiger partial charge in [0.15, 0.2) is 5.69 Å². The summed E-state index contributed by atoms with van der Waals surface area (Å²) in [5.74, 6) is 0.237. The summed E-state index contributed by atoms with van der Waals surface area (Å²) in [6.07, 6.45) is 1.11. The van der Waals surface area contributed by atoms with Crippen LogP contribution in [0.25, 0.3) is 16.6 Å². The Morgan fingerprint density at radius 1 is 1.03 bits per heavy atom. The number of benzene rings is 1. The standard InChI is InChI=1S/C23H31N5O2/c1-5-17(4)25-10-12-26(13-11-25)22(29)18-14-21-23(30)27(15-16(2)3)19-8-6-7-9-20(19)28(21)24-18/h6-9,14,16-17H,5,10-13,15H2,1-4H3. The van der Waals surface area contributed by atoms with Gasteiger partial charge >= 0.3 is 0 Å². The molecule has 0 bridgehead atoms. The van der Waals surface area contributed by atoms with Gasteiger partial charge in [-0.3, -0.25) is 14.5 Å². The second kappa shape index (κ2) is 8.22. The summed E-state index contributed by atoms with van der Waals surface area (Å²) in [5.41, 5.74) is 2.38. The molecule has 0 N–H and O–H groups in total. The molecule has 0 radical (unpaired) electrons. The predicted molar refractivity (Wildman–Crippen MR) is 119 cm³/mol. The zero-order valence-corrected chi connectivity index (χ0v) is 18.3.